The number of hydrogen-bond donors (Lipinski definition) is 2. The molecule has 0 saturated carbocycles. The molecule has 0 aliphatic rings. The predicted molar refractivity (Wildman–Crippen MR) is 65.1 cm³/mol. The molecule has 84 valence electrons. The zero-order valence-corrected chi connectivity index (χ0v) is 9.75. The normalized spacial score (nSPS) is 10.4. The zero-order chi connectivity index (χ0) is 11.4. The second-order valence-electron chi connectivity index (χ2n) is 3.24. The summed E-state index contributed by atoms with van der Waals surface area (Å²) in [5, 5.41) is 0.993. The molecule has 1 aromatic carbocycles. The molecule has 5 heteroatoms. The highest BCUT2D eigenvalue weighted by Crippen LogP contribution is 2.26. The second kappa shape index (κ2) is 5.07. The van der Waals surface area contributed by atoms with Gasteiger partial charge in [0, 0.05) is 23.2 Å². The fourth-order valence-corrected chi connectivity index (χ4v) is 2.23. The first kappa shape index (κ1) is 11.1. The molecule has 16 heavy (non-hydrogen) atoms. The molecule has 0 aliphatic carbocycles. The smallest absolute Gasteiger partial charge is 0.123 e. The first-order chi connectivity index (χ1) is 7.83. The first-order valence-electron chi connectivity index (χ1n) is 4.86. The number of aromatic nitrogens is 1. The van der Waals surface area contributed by atoms with Crippen molar-refractivity contribution >= 4 is 11.3 Å². The zero-order valence-electron chi connectivity index (χ0n) is 8.93. The molecule has 0 bridgehead atoms. The lowest BCUT2D eigenvalue weighted by Gasteiger charge is -2.00. The van der Waals surface area contributed by atoms with Crippen LogP contribution in [0.3, 0.4) is 0 Å². The molecular weight excluding hydrogens is 222 g/mol. The fourth-order valence-electron chi connectivity index (χ4n) is 1.36. The van der Waals surface area contributed by atoms with Crippen molar-refractivity contribution in [1.82, 2.24) is 10.4 Å². The third kappa shape index (κ3) is 2.38. The van der Waals surface area contributed by atoms with Crippen LogP contribution >= 0.6 is 11.3 Å². The maximum atomic E-state index is 5.26. The molecule has 2 rings (SSSR count). The number of nitrogens with one attached hydrogen (secondary N) is 1. The molecule has 0 radical (unpaired) electrons. The van der Waals surface area contributed by atoms with E-state index in [1.165, 1.54) is 0 Å². The molecule has 0 unspecified atom stereocenters. The molecule has 3 N–H and O–H groups in total. The van der Waals surface area contributed by atoms with Crippen molar-refractivity contribution in [3.63, 3.8) is 0 Å². The van der Waals surface area contributed by atoms with Gasteiger partial charge in [0.25, 0.3) is 0 Å². The van der Waals surface area contributed by atoms with Crippen LogP contribution in [0.25, 0.3) is 10.6 Å². The molecule has 0 aliphatic heterocycles. The quantitative estimate of drug-likeness (QED) is 0.626. The number of rotatable bonds is 4. The minimum Gasteiger partial charge on any atom is -0.497 e. The summed E-state index contributed by atoms with van der Waals surface area (Å²) in [4.78, 5) is 5.46. The van der Waals surface area contributed by atoms with Crippen molar-refractivity contribution in [3.05, 3.63) is 35.3 Å². The van der Waals surface area contributed by atoms with E-state index in [0.29, 0.717) is 6.54 Å². The number of nitrogens with two attached hydrogens (primary N) is 1. The first-order valence-corrected chi connectivity index (χ1v) is 5.67. The minimum absolute atomic E-state index is 0.647. The molecule has 0 atom stereocenters. The summed E-state index contributed by atoms with van der Waals surface area (Å²) in [6.07, 6.45) is 1.84. The van der Waals surface area contributed by atoms with Gasteiger partial charge in [0.15, 0.2) is 0 Å². The summed E-state index contributed by atoms with van der Waals surface area (Å²) in [5.74, 6) is 6.11. The van der Waals surface area contributed by atoms with Crippen molar-refractivity contribution in [3.8, 4) is 16.3 Å². The van der Waals surface area contributed by atoms with Crippen molar-refractivity contribution < 1.29 is 4.74 Å². The van der Waals surface area contributed by atoms with Gasteiger partial charge in [0.05, 0.1) is 7.11 Å². The van der Waals surface area contributed by atoms with Crippen LogP contribution in [0.1, 0.15) is 4.88 Å². The van der Waals surface area contributed by atoms with E-state index in [2.05, 4.69) is 10.4 Å². The van der Waals surface area contributed by atoms with E-state index in [-0.39, 0.29) is 0 Å². The van der Waals surface area contributed by atoms with Crippen LogP contribution in [0.2, 0.25) is 0 Å². The summed E-state index contributed by atoms with van der Waals surface area (Å²) in [7, 11) is 1.66. The van der Waals surface area contributed by atoms with E-state index in [4.69, 9.17) is 10.6 Å². The van der Waals surface area contributed by atoms with Gasteiger partial charge in [-0.15, -0.1) is 11.3 Å². The van der Waals surface area contributed by atoms with E-state index in [1.807, 2.05) is 30.5 Å². The lowest BCUT2D eigenvalue weighted by Crippen LogP contribution is -2.19. The van der Waals surface area contributed by atoms with E-state index in [0.717, 1.165) is 21.2 Å². The van der Waals surface area contributed by atoms with Gasteiger partial charge in [-0.25, -0.2) is 4.98 Å². The number of hydrogen-bond acceptors (Lipinski definition) is 5. The molecule has 1 heterocycles. The maximum Gasteiger partial charge on any atom is 0.123 e. The Balaban J connectivity index is 2.21. The summed E-state index contributed by atoms with van der Waals surface area (Å²) in [6.45, 7) is 0.647. The van der Waals surface area contributed by atoms with Gasteiger partial charge in [-0.3, -0.25) is 11.3 Å². The molecule has 2 aromatic rings. The molecular formula is C11H13N3OS. The van der Waals surface area contributed by atoms with Crippen molar-refractivity contribution in [2.45, 2.75) is 6.54 Å². The van der Waals surface area contributed by atoms with E-state index < -0.39 is 0 Å². The van der Waals surface area contributed by atoms with E-state index >= 15 is 0 Å². The number of ether oxygens (including phenoxy) is 1. The van der Waals surface area contributed by atoms with Gasteiger partial charge in [-0.2, -0.15) is 0 Å². The van der Waals surface area contributed by atoms with Gasteiger partial charge in [0.1, 0.15) is 10.8 Å². The highest BCUT2D eigenvalue weighted by Gasteiger charge is 2.04. The topological polar surface area (TPSA) is 60.2 Å². The van der Waals surface area contributed by atoms with Crippen LogP contribution in [-0.4, -0.2) is 12.1 Å². The molecule has 1 aromatic heterocycles. The Bertz CT molecular complexity index is 453. The predicted octanol–water partition coefficient (Wildman–Crippen LogP) is 1.78. The molecule has 0 amide bonds. The third-order valence-electron chi connectivity index (χ3n) is 2.17. The number of methoxy groups -OCH3 is 1. The lowest BCUT2D eigenvalue weighted by atomic mass is 10.2. The minimum atomic E-state index is 0.647. The Kier molecular flexibility index (Phi) is 3.51. The third-order valence-corrected chi connectivity index (χ3v) is 3.21. The maximum absolute atomic E-state index is 5.26. The highest BCUT2D eigenvalue weighted by atomic mass is 32.1. The number of thiazole rings is 1. The van der Waals surface area contributed by atoms with E-state index in [1.54, 1.807) is 18.4 Å². The van der Waals surface area contributed by atoms with Crippen molar-refractivity contribution in [2.75, 3.05) is 7.11 Å². The summed E-state index contributed by atoms with van der Waals surface area (Å²) >= 11 is 1.63. The van der Waals surface area contributed by atoms with Crippen LogP contribution in [0, 0.1) is 0 Å². The Morgan fingerprint density at radius 2 is 2.12 bits per heavy atom. The average Bonchev–Trinajstić information content (AvgIpc) is 2.78. The molecule has 0 fully saturated rings. The van der Waals surface area contributed by atoms with Gasteiger partial charge in [0.2, 0.25) is 0 Å². The van der Waals surface area contributed by atoms with E-state index in [9.17, 15) is 0 Å². The van der Waals surface area contributed by atoms with Gasteiger partial charge in [-0.1, -0.05) is 0 Å². The van der Waals surface area contributed by atoms with Crippen molar-refractivity contribution in [1.29, 1.82) is 0 Å². The number of hydrazine groups is 1. The van der Waals surface area contributed by atoms with Crippen LogP contribution in [0.15, 0.2) is 30.5 Å². The monoisotopic (exact) mass is 235 g/mol. The molecule has 4 nitrogen and oxygen atoms in total. The van der Waals surface area contributed by atoms with Crippen LogP contribution in [0.5, 0.6) is 5.75 Å². The standard InChI is InChI=1S/C11H13N3OS/c1-15-9-4-2-8(3-5-9)11-13-6-10(16-11)7-14-12/h2-6,14H,7,12H2,1H3. The number of nitrogens with zero attached hydrogens (tertiary/aromatic N) is 1. The van der Waals surface area contributed by atoms with Crippen molar-refractivity contribution in [2.24, 2.45) is 5.84 Å². The SMILES string of the molecule is COc1ccc(-c2ncc(CNN)s2)cc1. The second-order valence-corrected chi connectivity index (χ2v) is 4.36. The molecule has 0 spiro atoms. The Labute approximate surface area is 98.1 Å². The van der Waals surface area contributed by atoms with Gasteiger partial charge >= 0.3 is 0 Å². The Morgan fingerprint density at radius 1 is 1.38 bits per heavy atom. The van der Waals surface area contributed by atoms with Gasteiger partial charge < -0.3 is 4.74 Å². The summed E-state index contributed by atoms with van der Waals surface area (Å²) < 4.78 is 5.11. The average molecular weight is 235 g/mol. The largest absolute Gasteiger partial charge is 0.497 e. The number of benzene rings is 1. The highest BCUT2D eigenvalue weighted by molar-refractivity contribution is 7.15. The Hall–Kier alpha value is -1.43. The van der Waals surface area contributed by atoms with Crippen LogP contribution < -0.4 is 16.0 Å². The van der Waals surface area contributed by atoms with Crippen LogP contribution in [0.4, 0.5) is 0 Å². The Morgan fingerprint density at radius 3 is 2.75 bits per heavy atom. The fraction of sp³-hybridized carbons (Fsp3) is 0.182. The lowest BCUT2D eigenvalue weighted by molar-refractivity contribution is 0.415. The summed E-state index contributed by atoms with van der Waals surface area (Å²) in [6, 6.07) is 7.85. The molecule has 0 saturated heterocycles. The summed E-state index contributed by atoms with van der Waals surface area (Å²) in [5.41, 5.74) is 3.71. The van der Waals surface area contributed by atoms with Crippen LogP contribution in [-0.2, 0) is 6.54 Å². The van der Waals surface area contributed by atoms with Gasteiger partial charge in [-0.05, 0) is 24.3 Å².